The van der Waals surface area contributed by atoms with Crippen molar-refractivity contribution >= 4 is 34.3 Å². The summed E-state index contributed by atoms with van der Waals surface area (Å²) in [6.07, 6.45) is 1.69. The first-order valence-corrected chi connectivity index (χ1v) is 9.38. The highest BCUT2D eigenvalue weighted by atomic mass is 16.5. The largest absolute Gasteiger partial charge is 0.464 e. The zero-order valence-electron chi connectivity index (χ0n) is 16.3. The molecule has 30 heavy (non-hydrogen) atoms. The van der Waals surface area contributed by atoms with E-state index in [9.17, 15) is 9.59 Å². The third kappa shape index (κ3) is 4.30. The number of nitrogens with one attached hydrogen (secondary N) is 3. The van der Waals surface area contributed by atoms with Gasteiger partial charge in [0.1, 0.15) is 11.3 Å². The molecule has 0 spiro atoms. The minimum Gasteiger partial charge on any atom is -0.464 e. The number of hydrogen-bond donors (Lipinski definition) is 3. The van der Waals surface area contributed by atoms with E-state index in [1.54, 1.807) is 18.3 Å². The lowest BCUT2D eigenvalue weighted by molar-refractivity contribution is 0.0595. The van der Waals surface area contributed by atoms with Crippen molar-refractivity contribution in [2.45, 2.75) is 6.54 Å². The van der Waals surface area contributed by atoms with Crippen molar-refractivity contribution in [1.82, 2.24) is 9.97 Å². The second kappa shape index (κ2) is 8.48. The summed E-state index contributed by atoms with van der Waals surface area (Å²) in [5.41, 5.74) is 4.07. The molecule has 0 aliphatic rings. The molecular formula is C23H20N4O3. The fourth-order valence-corrected chi connectivity index (χ4v) is 3.08. The van der Waals surface area contributed by atoms with Crippen molar-refractivity contribution in [2.75, 3.05) is 17.7 Å². The molecule has 0 fully saturated rings. The van der Waals surface area contributed by atoms with E-state index >= 15 is 0 Å². The van der Waals surface area contributed by atoms with Crippen molar-refractivity contribution in [2.24, 2.45) is 0 Å². The summed E-state index contributed by atoms with van der Waals surface area (Å²) in [4.78, 5) is 31.4. The van der Waals surface area contributed by atoms with Crippen LogP contribution in [0.1, 0.15) is 26.4 Å². The molecule has 0 aliphatic carbocycles. The van der Waals surface area contributed by atoms with Gasteiger partial charge in [0.15, 0.2) is 0 Å². The number of nitrogens with zero attached hydrogens (tertiary/aromatic N) is 1. The number of carbonyl (C=O) groups excluding carboxylic acids is 2. The Morgan fingerprint density at radius 2 is 1.83 bits per heavy atom. The van der Waals surface area contributed by atoms with Crippen molar-refractivity contribution < 1.29 is 14.3 Å². The summed E-state index contributed by atoms with van der Waals surface area (Å²) in [6.45, 7) is 0.522. The SMILES string of the molecule is COC(=O)c1cc2cc(NCc3cccc(C(=O)Nc4ccccc4)c3)cnc2[nH]1. The van der Waals surface area contributed by atoms with Crippen LogP contribution in [0.15, 0.2) is 72.9 Å². The van der Waals surface area contributed by atoms with Gasteiger partial charge in [0, 0.05) is 23.2 Å². The Morgan fingerprint density at radius 3 is 2.63 bits per heavy atom. The van der Waals surface area contributed by atoms with Gasteiger partial charge in [-0.1, -0.05) is 30.3 Å². The maximum Gasteiger partial charge on any atom is 0.354 e. The van der Waals surface area contributed by atoms with E-state index < -0.39 is 5.97 Å². The summed E-state index contributed by atoms with van der Waals surface area (Å²) in [5.74, 6) is -0.595. The minimum atomic E-state index is -0.437. The van der Waals surface area contributed by atoms with Gasteiger partial charge in [-0.05, 0) is 42.0 Å². The highest BCUT2D eigenvalue weighted by molar-refractivity contribution is 6.04. The fourth-order valence-electron chi connectivity index (χ4n) is 3.08. The Bertz CT molecular complexity index is 1200. The van der Waals surface area contributed by atoms with Crippen LogP contribution < -0.4 is 10.6 Å². The fraction of sp³-hybridized carbons (Fsp3) is 0.0870. The molecule has 7 heteroatoms. The van der Waals surface area contributed by atoms with E-state index in [0.29, 0.717) is 23.4 Å². The van der Waals surface area contributed by atoms with Crippen LogP contribution in [0.25, 0.3) is 11.0 Å². The molecule has 0 aliphatic heterocycles. The number of rotatable bonds is 6. The number of amides is 1. The molecule has 4 aromatic rings. The molecule has 150 valence electrons. The third-order valence-electron chi connectivity index (χ3n) is 4.59. The number of esters is 1. The number of methoxy groups -OCH3 is 1. The number of H-pyrrole nitrogens is 1. The summed E-state index contributed by atoms with van der Waals surface area (Å²) >= 11 is 0. The summed E-state index contributed by atoms with van der Waals surface area (Å²) in [6, 6.07) is 20.4. The maximum atomic E-state index is 12.5. The Balaban J connectivity index is 1.44. The number of hydrogen-bond acceptors (Lipinski definition) is 5. The Kier molecular flexibility index (Phi) is 5.43. The number of para-hydroxylation sites is 1. The molecular weight excluding hydrogens is 380 g/mol. The number of aromatic amines is 1. The first-order chi connectivity index (χ1) is 14.6. The maximum absolute atomic E-state index is 12.5. The van der Waals surface area contributed by atoms with Crippen LogP contribution in [0.2, 0.25) is 0 Å². The second-order valence-corrected chi connectivity index (χ2v) is 6.71. The normalized spacial score (nSPS) is 10.6. The van der Waals surface area contributed by atoms with E-state index in [2.05, 4.69) is 20.6 Å². The Morgan fingerprint density at radius 1 is 1.00 bits per heavy atom. The molecule has 0 atom stereocenters. The van der Waals surface area contributed by atoms with E-state index in [4.69, 9.17) is 4.74 Å². The molecule has 2 aromatic heterocycles. The van der Waals surface area contributed by atoms with Crippen molar-refractivity contribution in [3.63, 3.8) is 0 Å². The molecule has 0 radical (unpaired) electrons. The van der Waals surface area contributed by atoms with Gasteiger partial charge in [-0.25, -0.2) is 9.78 Å². The Labute approximate surface area is 173 Å². The van der Waals surface area contributed by atoms with Crippen LogP contribution in [0.5, 0.6) is 0 Å². The van der Waals surface area contributed by atoms with Gasteiger partial charge in [-0.3, -0.25) is 4.79 Å². The summed E-state index contributed by atoms with van der Waals surface area (Å²) in [5, 5.41) is 6.98. The van der Waals surface area contributed by atoms with Crippen LogP contribution in [0.4, 0.5) is 11.4 Å². The predicted molar refractivity (Wildman–Crippen MR) is 116 cm³/mol. The van der Waals surface area contributed by atoms with E-state index in [-0.39, 0.29) is 5.91 Å². The zero-order chi connectivity index (χ0) is 20.9. The van der Waals surface area contributed by atoms with Crippen molar-refractivity contribution in [3.8, 4) is 0 Å². The molecule has 3 N–H and O–H groups in total. The molecule has 7 nitrogen and oxygen atoms in total. The zero-order valence-corrected chi connectivity index (χ0v) is 16.3. The van der Waals surface area contributed by atoms with E-state index in [0.717, 1.165) is 22.3 Å². The average Bonchev–Trinajstić information content (AvgIpc) is 3.21. The van der Waals surface area contributed by atoms with Crippen molar-refractivity contribution in [3.05, 3.63) is 89.7 Å². The lowest BCUT2D eigenvalue weighted by Gasteiger charge is -2.09. The number of aromatic nitrogens is 2. The molecule has 0 saturated carbocycles. The molecule has 4 rings (SSSR count). The Hall–Kier alpha value is -4.13. The standard InChI is InChI=1S/C23H20N4O3/c1-30-23(29)20-12-17-11-19(14-25-21(17)27-20)24-13-15-6-5-7-16(10-15)22(28)26-18-8-3-2-4-9-18/h2-12,14,24H,13H2,1H3,(H,25,27)(H,26,28). The number of carbonyl (C=O) groups is 2. The summed E-state index contributed by atoms with van der Waals surface area (Å²) in [7, 11) is 1.34. The lowest BCUT2D eigenvalue weighted by atomic mass is 10.1. The highest BCUT2D eigenvalue weighted by Crippen LogP contribution is 2.19. The van der Waals surface area contributed by atoms with Gasteiger partial charge in [0.25, 0.3) is 5.91 Å². The number of pyridine rings is 1. The molecule has 2 heterocycles. The molecule has 0 unspecified atom stereocenters. The van der Waals surface area contributed by atoms with E-state index in [1.165, 1.54) is 7.11 Å². The quantitative estimate of drug-likeness (QED) is 0.421. The monoisotopic (exact) mass is 400 g/mol. The molecule has 0 saturated heterocycles. The number of fused-ring (bicyclic) bond motifs is 1. The van der Waals surface area contributed by atoms with Crippen LogP contribution in [-0.4, -0.2) is 29.0 Å². The number of ether oxygens (including phenoxy) is 1. The summed E-state index contributed by atoms with van der Waals surface area (Å²) < 4.78 is 4.72. The predicted octanol–water partition coefficient (Wildman–Crippen LogP) is 4.21. The lowest BCUT2D eigenvalue weighted by Crippen LogP contribution is -2.12. The second-order valence-electron chi connectivity index (χ2n) is 6.71. The number of benzene rings is 2. The van der Waals surface area contributed by atoms with Gasteiger partial charge in [-0.15, -0.1) is 0 Å². The van der Waals surface area contributed by atoms with Crippen LogP contribution in [0, 0.1) is 0 Å². The molecule has 1 amide bonds. The first-order valence-electron chi connectivity index (χ1n) is 9.38. The van der Waals surface area contributed by atoms with Gasteiger partial charge >= 0.3 is 5.97 Å². The third-order valence-corrected chi connectivity index (χ3v) is 4.59. The van der Waals surface area contributed by atoms with Crippen LogP contribution >= 0.6 is 0 Å². The average molecular weight is 400 g/mol. The number of anilines is 2. The minimum absolute atomic E-state index is 0.159. The van der Waals surface area contributed by atoms with Crippen LogP contribution in [0.3, 0.4) is 0 Å². The van der Waals surface area contributed by atoms with Gasteiger partial charge in [0.05, 0.1) is 19.0 Å². The first kappa shape index (κ1) is 19.2. The highest BCUT2D eigenvalue weighted by Gasteiger charge is 2.11. The van der Waals surface area contributed by atoms with Crippen molar-refractivity contribution in [1.29, 1.82) is 0 Å². The molecule has 0 bridgehead atoms. The van der Waals surface area contributed by atoms with Gasteiger partial charge < -0.3 is 20.4 Å². The molecule has 2 aromatic carbocycles. The smallest absolute Gasteiger partial charge is 0.354 e. The topological polar surface area (TPSA) is 96.1 Å². The van der Waals surface area contributed by atoms with Crippen LogP contribution in [-0.2, 0) is 11.3 Å². The van der Waals surface area contributed by atoms with Gasteiger partial charge in [-0.2, -0.15) is 0 Å². The van der Waals surface area contributed by atoms with E-state index in [1.807, 2.05) is 54.6 Å². The van der Waals surface area contributed by atoms with Gasteiger partial charge in [0.2, 0.25) is 0 Å².